The molecule has 5 nitrogen and oxygen atoms in total. The second kappa shape index (κ2) is 9.82. The van der Waals surface area contributed by atoms with E-state index in [2.05, 4.69) is 0 Å². The van der Waals surface area contributed by atoms with Gasteiger partial charge in [0.2, 0.25) is 0 Å². The van der Waals surface area contributed by atoms with Crippen LogP contribution in [0.25, 0.3) is 0 Å². The number of hydrogen-bond donors (Lipinski definition) is 0. The molecule has 22 heavy (non-hydrogen) atoms. The van der Waals surface area contributed by atoms with Crippen molar-refractivity contribution in [3.05, 3.63) is 29.8 Å². The molecule has 0 fully saturated rings. The molecule has 0 N–H and O–H groups in total. The highest BCUT2D eigenvalue weighted by Gasteiger charge is 2.24. The van der Waals surface area contributed by atoms with Gasteiger partial charge in [-0.1, -0.05) is 12.1 Å². The van der Waals surface area contributed by atoms with Gasteiger partial charge in [0.15, 0.2) is 0 Å². The van der Waals surface area contributed by atoms with Gasteiger partial charge in [-0.05, 0) is 44.9 Å². The van der Waals surface area contributed by atoms with Crippen LogP contribution in [0.1, 0.15) is 32.8 Å². The Bertz CT molecular complexity index is 484. The molecular weight excluding hydrogens is 284 g/mol. The number of ether oxygens (including phenoxy) is 3. The highest BCUT2D eigenvalue weighted by molar-refractivity contribution is 5.80. The molecule has 0 saturated carbocycles. The summed E-state index contributed by atoms with van der Waals surface area (Å²) < 4.78 is 15.4. The first-order valence-electron chi connectivity index (χ1n) is 7.64. The molecule has 0 aromatic heterocycles. The molecule has 0 heterocycles. The predicted octanol–water partition coefficient (Wildman–Crippen LogP) is 2.76. The fourth-order valence-corrected chi connectivity index (χ4v) is 2.13. The van der Waals surface area contributed by atoms with Crippen LogP contribution in [-0.4, -0.2) is 31.8 Å². The van der Waals surface area contributed by atoms with Crippen LogP contribution < -0.4 is 4.74 Å². The summed E-state index contributed by atoms with van der Waals surface area (Å²) in [5, 5.41) is 0. The first kappa shape index (κ1) is 18.0. The van der Waals surface area contributed by atoms with Crippen LogP contribution in [0.5, 0.6) is 5.75 Å². The third kappa shape index (κ3) is 6.16. The lowest BCUT2D eigenvalue weighted by Crippen LogP contribution is -2.24. The standard InChI is InChI=1S/C17H24O5/c1-4-20-15-9-7-8-13(11-15)10-14(17(19)22-6-3)12-16(18)21-5-2/h7-9,11,14H,4-6,10,12H2,1-3H3. The quantitative estimate of drug-likeness (QED) is 0.656. The Morgan fingerprint density at radius 2 is 1.77 bits per heavy atom. The van der Waals surface area contributed by atoms with E-state index in [-0.39, 0.29) is 25.0 Å². The van der Waals surface area contributed by atoms with Crippen LogP contribution in [0.3, 0.4) is 0 Å². The van der Waals surface area contributed by atoms with Gasteiger partial charge in [0.1, 0.15) is 5.75 Å². The van der Waals surface area contributed by atoms with Crippen molar-refractivity contribution >= 4 is 11.9 Å². The van der Waals surface area contributed by atoms with Crippen molar-refractivity contribution < 1.29 is 23.8 Å². The number of carbonyl (C=O) groups is 2. The molecule has 122 valence electrons. The van der Waals surface area contributed by atoms with E-state index in [1.165, 1.54) is 0 Å². The minimum absolute atomic E-state index is 0.0194. The number of esters is 2. The average molecular weight is 308 g/mol. The molecule has 0 saturated heterocycles. The van der Waals surface area contributed by atoms with Crippen molar-refractivity contribution in [2.24, 2.45) is 5.92 Å². The van der Waals surface area contributed by atoms with E-state index in [0.717, 1.165) is 11.3 Å². The molecular formula is C17H24O5. The Morgan fingerprint density at radius 3 is 2.41 bits per heavy atom. The summed E-state index contributed by atoms with van der Waals surface area (Å²) in [5.74, 6) is -0.562. The highest BCUT2D eigenvalue weighted by Crippen LogP contribution is 2.19. The van der Waals surface area contributed by atoms with Crippen LogP contribution in [-0.2, 0) is 25.5 Å². The van der Waals surface area contributed by atoms with E-state index in [0.29, 0.717) is 19.6 Å². The van der Waals surface area contributed by atoms with Crippen molar-refractivity contribution in [2.75, 3.05) is 19.8 Å². The molecule has 1 aromatic carbocycles. The van der Waals surface area contributed by atoms with Crippen LogP contribution in [0.2, 0.25) is 0 Å². The van der Waals surface area contributed by atoms with Crippen molar-refractivity contribution in [1.82, 2.24) is 0 Å². The number of benzene rings is 1. The number of hydrogen-bond acceptors (Lipinski definition) is 5. The van der Waals surface area contributed by atoms with Crippen molar-refractivity contribution in [3.8, 4) is 5.75 Å². The maximum absolute atomic E-state index is 12.0. The molecule has 0 aliphatic carbocycles. The first-order valence-corrected chi connectivity index (χ1v) is 7.64. The first-order chi connectivity index (χ1) is 10.6. The third-order valence-corrected chi connectivity index (χ3v) is 3.03. The Balaban J connectivity index is 2.80. The van der Waals surface area contributed by atoms with Crippen LogP contribution in [0.15, 0.2) is 24.3 Å². The van der Waals surface area contributed by atoms with Gasteiger partial charge in [0, 0.05) is 0 Å². The van der Waals surface area contributed by atoms with Gasteiger partial charge in [-0.15, -0.1) is 0 Å². The van der Waals surface area contributed by atoms with E-state index in [1.807, 2.05) is 31.2 Å². The van der Waals surface area contributed by atoms with Crippen LogP contribution in [0, 0.1) is 5.92 Å². The van der Waals surface area contributed by atoms with E-state index in [4.69, 9.17) is 14.2 Å². The Kier molecular flexibility index (Phi) is 8.04. The molecule has 0 spiro atoms. The fourth-order valence-electron chi connectivity index (χ4n) is 2.13. The van der Waals surface area contributed by atoms with Crippen LogP contribution in [0.4, 0.5) is 0 Å². The van der Waals surface area contributed by atoms with Crippen molar-refractivity contribution in [3.63, 3.8) is 0 Å². The lowest BCUT2D eigenvalue weighted by atomic mass is 9.96. The Morgan fingerprint density at radius 1 is 1.05 bits per heavy atom. The van der Waals surface area contributed by atoms with Crippen molar-refractivity contribution in [2.45, 2.75) is 33.6 Å². The van der Waals surface area contributed by atoms with E-state index >= 15 is 0 Å². The summed E-state index contributed by atoms with van der Waals surface area (Å²) in [5.41, 5.74) is 0.924. The SMILES string of the molecule is CCOC(=O)CC(Cc1cccc(OCC)c1)C(=O)OCC. The molecule has 1 rings (SSSR count). The van der Waals surface area contributed by atoms with Gasteiger partial charge in [-0.3, -0.25) is 9.59 Å². The third-order valence-electron chi connectivity index (χ3n) is 3.03. The lowest BCUT2D eigenvalue weighted by Gasteiger charge is -2.15. The molecule has 0 aliphatic rings. The van der Waals surface area contributed by atoms with Gasteiger partial charge in [0.05, 0.1) is 32.2 Å². The molecule has 0 radical (unpaired) electrons. The zero-order valence-corrected chi connectivity index (χ0v) is 13.5. The number of carbonyl (C=O) groups excluding carboxylic acids is 2. The summed E-state index contributed by atoms with van der Waals surface area (Å²) in [6, 6.07) is 7.51. The van der Waals surface area contributed by atoms with Gasteiger partial charge in [0.25, 0.3) is 0 Å². The molecule has 0 amide bonds. The summed E-state index contributed by atoms with van der Waals surface area (Å²) in [7, 11) is 0. The van der Waals surface area contributed by atoms with Crippen molar-refractivity contribution in [1.29, 1.82) is 0 Å². The van der Waals surface area contributed by atoms with Crippen LogP contribution >= 0.6 is 0 Å². The maximum atomic E-state index is 12.0. The van der Waals surface area contributed by atoms with Gasteiger partial charge in [-0.2, -0.15) is 0 Å². The smallest absolute Gasteiger partial charge is 0.309 e. The minimum Gasteiger partial charge on any atom is -0.494 e. The summed E-state index contributed by atoms with van der Waals surface area (Å²) >= 11 is 0. The average Bonchev–Trinajstić information content (AvgIpc) is 2.48. The van der Waals surface area contributed by atoms with E-state index in [9.17, 15) is 9.59 Å². The maximum Gasteiger partial charge on any atom is 0.309 e. The van der Waals surface area contributed by atoms with Gasteiger partial charge < -0.3 is 14.2 Å². The summed E-state index contributed by atoms with van der Waals surface area (Å²) in [6.07, 6.45) is 0.435. The Hall–Kier alpha value is -2.04. The monoisotopic (exact) mass is 308 g/mol. The Labute approximate surface area is 131 Å². The minimum atomic E-state index is -0.545. The second-order valence-corrected chi connectivity index (χ2v) is 4.74. The zero-order valence-electron chi connectivity index (χ0n) is 13.5. The fraction of sp³-hybridized carbons (Fsp3) is 0.529. The lowest BCUT2D eigenvalue weighted by molar-refractivity contribution is -0.154. The highest BCUT2D eigenvalue weighted by atomic mass is 16.5. The normalized spacial score (nSPS) is 11.6. The second-order valence-electron chi connectivity index (χ2n) is 4.74. The van der Waals surface area contributed by atoms with Gasteiger partial charge in [-0.25, -0.2) is 0 Å². The largest absolute Gasteiger partial charge is 0.494 e. The molecule has 1 aromatic rings. The topological polar surface area (TPSA) is 61.8 Å². The number of rotatable bonds is 9. The predicted molar refractivity (Wildman–Crippen MR) is 82.7 cm³/mol. The van der Waals surface area contributed by atoms with Gasteiger partial charge >= 0.3 is 11.9 Å². The molecule has 0 bridgehead atoms. The van der Waals surface area contributed by atoms with E-state index in [1.54, 1.807) is 13.8 Å². The zero-order chi connectivity index (χ0) is 16.4. The molecule has 1 unspecified atom stereocenters. The molecule has 5 heteroatoms. The molecule has 1 atom stereocenters. The summed E-state index contributed by atoms with van der Waals surface area (Å²) in [6.45, 7) is 6.56. The summed E-state index contributed by atoms with van der Waals surface area (Å²) in [4.78, 5) is 23.7. The molecule has 0 aliphatic heterocycles. The van der Waals surface area contributed by atoms with E-state index < -0.39 is 5.92 Å².